The van der Waals surface area contributed by atoms with Crippen molar-refractivity contribution in [3.05, 3.63) is 29.0 Å². The molecule has 0 aliphatic heterocycles. The zero-order chi connectivity index (χ0) is 13.8. The highest BCUT2D eigenvalue weighted by Crippen LogP contribution is 2.28. The summed E-state index contributed by atoms with van der Waals surface area (Å²) in [6.07, 6.45) is 1.54. The Bertz CT molecular complexity index is 603. The van der Waals surface area contributed by atoms with Gasteiger partial charge in [-0.15, -0.1) is 10.2 Å². The van der Waals surface area contributed by atoms with Gasteiger partial charge in [0, 0.05) is 0 Å². The SMILES string of the molecule is COc1ccc(-n2cnnc2SCC(=O)O)cc1Br. The first-order valence-electron chi connectivity index (χ1n) is 5.20. The van der Waals surface area contributed by atoms with Crippen LogP contribution >= 0.6 is 27.7 Å². The van der Waals surface area contributed by atoms with E-state index < -0.39 is 5.97 Å². The fourth-order valence-corrected chi connectivity index (χ4v) is 2.61. The lowest BCUT2D eigenvalue weighted by Gasteiger charge is -2.08. The summed E-state index contributed by atoms with van der Waals surface area (Å²) >= 11 is 4.52. The minimum absolute atomic E-state index is 0.0595. The van der Waals surface area contributed by atoms with Crippen molar-refractivity contribution in [2.45, 2.75) is 5.16 Å². The van der Waals surface area contributed by atoms with Gasteiger partial charge in [0.2, 0.25) is 0 Å². The van der Waals surface area contributed by atoms with Crippen molar-refractivity contribution in [2.24, 2.45) is 0 Å². The Labute approximate surface area is 121 Å². The van der Waals surface area contributed by atoms with E-state index in [4.69, 9.17) is 9.84 Å². The number of methoxy groups -OCH3 is 1. The smallest absolute Gasteiger partial charge is 0.313 e. The Hall–Kier alpha value is -1.54. The number of thioether (sulfide) groups is 1. The largest absolute Gasteiger partial charge is 0.496 e. The number of aliphatic carboxylic acids is 1. The van der Waals surface area contributed by atoms with E-state index in [9.17, 15) is 4.79 Å². The average molecular weight is 344 g/mol. The van der Waals surface area contributed by atoms with Crippen LogP contribution < -0.4 is 4.74 Å². The summed E-state index contributed by atoms with van der Waals surface area (Å²) in [5, 5.41) is 16.9. The molecule has 6 nitrogen and oxygen atoms in total. The van der Waals surface area contributed by atoms with E-state index in [1.54, 1.807) is 18.0 Å². The van der Waals surface area contributed by atoms with Crippen molar-refractivity contribution >= 4 is 33.7 Å². The molecule has 0 aliphatic carbocycles. The van der Waals surface area contributed by atoms with Crippen LogP contribution in [0.2, 0.25) is 0 Å². The minimum Gasteiger partial charge on any atom is -0.496 e. The maximum atomic E-state index is 10.6. The molecule has 1 N–H and O–H groups in total. The van der Waals surface area contributed by atoms with Gasteiger partial charge in [-0.05, 0) is 34.1 Å². The van der Waals surface area contributed by atoms with Crippen molar-refractivity contribution in [1.82, 2.24) is 14.8 Å². The fourth-order valence-electron chi connectivity index (χ4n) is 1.43. The van der Waals surface area contributed by atoms with E-state index in [1.807, 2.05) is 18.2 Å². The summed E-state index contributed by atoms with van der Waals surface area (Å²) in [5.41, 5.74) is 0.825. The molecule has 0 unspecified atom stereocenters. The van der Waals surface area contributed by atoms with Gasteiger partial charge in [-0.1, -0.05) is 11.8 Å². The number of carboxylic acids is 1. The summed E-state index contributed by atoms with van der Waals surface area (Å²) in [6.45, 7) is 0. The number of benzene rings is 1. The van der Waals surface area contributed by atoms with E-state index in [-0.39, 0.29) is 5.75 Å². The third kappa shape index (κ3) is 3.27. The molecule has 0 spiro atoms. The molecule has 0 atom stereocenters. The summed E-state index contributed by atoms with van der Waals surface area (Å²) in [7, 11) is 1.59. The van der Waals surface area contributed by atoms with Crippen LogP contribution in [0.4, 0.5) is 0 Å². The number of hydrogen-bond acceptors (Lipinski definition) is 5. The Balaban J connectivity index is 2.29. The predicted octanol–water partition coefficient (Wildman–Crippen LogP) is 2.22. The predicted molar refractivity (Wildman–Crippen MR) is 74.0 cm³/mol. The van der Waals surface area contributed by atoms with Crippen LogP contribution in [0.15, 0.2) is 34.2 Å². The highest BCUT2D eigenvalue weighted by atomic mass is 79.9. The number of aromatic nitrogens is 3. The topological polar surface area (TPSA) is 77.2 Å². The number of hydrogen-bond donors (Lipinski definition) is 1. The van der Waals surface area contributed by atoms with Gasteiger partial charge in [0.1, 0.15) is 12.1 Å². The normalized spacial score (nSPS) is 10.4. The molecule has 0 saturated carbocycles. The molecule has 0 radical (unpaired) electrons. The highest BCUT2D eigenvalue weighted by Gasteiger charge is 2.10. The van der Waals surface area contributed by atoms with E-state index in [0.29, 0.717) is 5.16 Å². The zero-order valence-electron chi connectivity index (χ0n) is 9.91. The average Bonchev–Trinajstić information content (AvgIpc) is 2.84. The second-order valence-corrected chi connectivity index (χ2v) is 5.28. The Morgan fingerprint density at radius 1 is 1.58 bits per heavy atom. The first-order chi connectivity index (χ1) is 9.11. The number of carbonyl (C=O) groups is 1. The number of carboxylic acid groups (broad SMARTS) is 1. The van der Waals surface area contributed by atoms with Gasteiger partial charge in [-0.2, -0.15) is 0 Å². The van der Waals surface area contributed by atoms with Crippen LogP contribution in [-0.4, -0.2) is 38.7 Å². The fraction of sp³-hybridized carbons (Fsp3) is 0.182. The third-order valence-electron chi connectivity index (χ3n) is 2.25. The molecule has 2 aromatic rings. The van der Waals surface area contributed by atoms with Crippen molar-refractivity contribution < 1.29 is 14.6 Å². The van der Waals surface area contributed by atoms with Crippen LogP contribution in [0.5, 0.6) is 5.75 Å². The molecule has 19 heavy (non-hydrogen) atoms. The van der Waals surface area contributed by atoms with Gasteiger partial charge < -0.3 is 9.84 Å². The van der Waals surface area contributed by atoms with Crippen molar-refractivity contribution in [3.63, 3.8) is 0 Å². The van der Waals surface area contributed by atoms with Crippen LogP contribution in [0.3, 0.4) is 0 Å². The molecule has 0 aliphatic rings. The minimum atomic E-state index is -0.893. The lowest BCUT2D eigenvalue weighted by atomic mass is 10.3. The van der Waals surface area contributed by atoms with E-state index in [0.717, 1.165) is 27.7 Å². The lowest BCUT2D eigenvalue weighted by Crippen LogP contribution is -2.01. The van der Waals surface area contributed by atoms with Gasteiger partial charge >= 0.3 is 5.97 Å². The highest BCUT2D eigenvalue weighted by molar-refractivity contribution is 9.10. The van der Waals surface area contributed by atoms with Gasteiger partial charge in [-0.3, -0.25) is 9.36 Å². The molecule has 0 amide bonds. The lowest BCUT2D eigenvalue weighted by molar-refractivity contribution is -0.133. The zero-order valence-corrected chi connectivity index (χ0v) is 12.3. The number of nitrogens with zero attached hydrogens (tertiary/aromatic N) is 3. The van der Waals surface area contributed by atoms with Crippen LogP contribution in [0.1, 0.15) is 0 Å². The molecule has 0 bridgehead atoms. The van der Waals surface area contributed by atoms with Crippen molar-refractivity contribution in [3.8, 4) is 11.4 Å². The van der Waals surface area contributed by atoms with E-state index in [1.165, 1.54) is 0 Å². The monoisotopic (exact) mass is 343 g/mol. The number of ether oxygens (including phenoxy) is 1. The number of rotatable bonds is 5. The van der Waals surface area contributed by atoms with Gasteiger partial charge in [0.15, 0.2) is 5.16 Å². The Morgan fingerprint density at radius 3 is 3.00 bits per heavy atom. The summed E-state index contributed by atoms with van der Waals surface area (Å²) < 4.78 is 7.68. The van der Waals surface area contributed by atoms with E-state index in [2.05, 4.69) is 26.1 Å². The van der Waals surface area contributed by atoms with Crippen LogP contribution in [0.25, 0.3) is 5.69 Å². The maximum Gasteiger partial charge on any atom is 0.313 e. The maximum absolute atomic E-state index is 10.6. The first kappa shape index (κ1) is 13.9. The molecule has 100 valence electrons. The molecular formula is C11H10BrN3O3S. The van der Waals surface area contributed by atoms with E-state index >= 15 is 0 Å². The second-order valence-electron chi connectivity index (χ2n) is 3.48. The molecule has 8 heteroatoms. The summed E-state index contributed by atoms with van der Waals surface area (Å²) in [5.74, 6) is -0.234. The Morgan fingerprint density at radius 2 is 2.37 bits per heavy atom. The molecule has 1 aromatic carbocycles. The molecule has 1 heterocycles. The van der Waals surface area contributed by atoms with Crippen LogP contribution in [-0.2, 0) is 4.79 Å². The van der Waals surface area contributed by atoms with Crippen molar-refractivity contribution in [2.75, 3.05) is 12.9 Å². The molecular weight excluding hydrogens is 334 g/mol. The molecule has 2 rings (SSSR count). The Kier molecular flexibility index (Phi) is 4.43. The number of halogens is 1. The second kappa shape index (κ2) is 6.07. The van der Waals surface area contributed by atoms with Crippen LogP contribution in [0, 0.1) is 0 Å². The van der Waals surface area contributed by atoms with Gasteiger partial charge in [-0.25, -0.2) is 0 Å². The van der Waals surface area contributed by atoms with Gasteiger partial charge in [0.25, 0.3) is 0 Å². The van der Waals surface area contributed by atoms with Crippen molar-refractivity contribution in [1.29, 1.82) is 0 Å². The molecule has 0 fully saturated rings. The van der Waals surface area contributed by atoms with Gasteiger partial charge in [0.05, 0.1) is 23.0 Å². The summed E-state index contributed by atoms with van der Waals surface area (Å²) in [6, 6.07) is 5.51. The standard InChI is InChI=1S/C11H10BrN3O3S/c1-18-9-3-2-7(4-8(9)12)15-6-13-14-11(15)19-5-10(16)17/h2-4,6H,5H2,1H3,(H,16,17). The molecule has 1 aromatic heterocycles. The summed E-state index contributed by atoms with van der Waals surface area (Å²) in [4.78, 5) is 10.6. The molecule has 0 saturated heterocycles. The third-order valence-corrected chi connectivity index (χ3v) is 3.80. The quantitative estimate of drug-likeness (QED) is 0.838. The first-order valence-corrected chi connectivity index (χ1v) is 6.98.